The highest BCUT2D eigenvalue weighted by Crippen LogP contribution is 2.34. The fourth-order valence-electron chi connectivity index (χ4n) is 4.12. The monoisotopic (exact) mass is 427 g/mol. The van der Waals surface area contributed by atoms with Crippen molar-refractivity contribution in [3.05, 3.63) is 81.2 Å². The Kier molecular flexibility index (Phi) is 4.37. The van der Waals surface area contributed by atoms with Gasteiger partial charge in [0.15, 0.2) is 11.6 Å². The Hall–Kier alpha value is -3.59. The van der Waals surface area contributed by atoms with Crippen molar-refractivity contribution in [2.45, 2.75) is 12.6 Å². The van der Waals surface area contributed by atoms with Crippen LogP contribution in [0, 0.1) is 17.5 Å². The number of ether oxygens (including phenoxy) is 1. The summed E-state index contributed by atoms with van der Waals surface area (Å²) in [5, 5.41) is 0.676. The summed E-state index contributed by atoms with van der Waals surface area (Å²) in [7, 11) is 1.55. The number of carbonyl (C=O) groups excluding carboxylic acids is 1. The molecule has 0 fully saturated rings. The van der Waals surface area contributed by atoms with Crippen molar-refractivity contribution in [3.63, 3.8) is 0 Å². The number of likely N-dealkylation sites (N-methyl/N-ethyl adjacent to an activating group) is 1. The van der Waals surface area contributed by atoms with Crippen LogP contribution in [0.3, 0.4) is 0 Å². The van der Waals surface area contributed by atoms with Crippen molar-refractivity contribution in [3.8, 4) is 0 Å². The molecular formula is C22H16F3N3O3. The second-order valence-corrected chi connectivity index (χ2v) is 7.49. The number of carbonyl (C=O) groups is 1. The summed E-state index contributed by atoms with van der Waals surface area (Å²) in [6, 6.07) is 6.93. The molecule has 1 aliphatic heterocycles. The number of hydrogen-bond donors (Lipinski definition) is 2. The van der Waals surface area contributed by atoms with E-state index in [-0.39, 0.29) is 29.7 Å². The first-order chi connectivity index (χ1) is 14.8. The van der Waals surface area contributed by atoms with E-state index < -0.39 is 35.0 Å². The lowest BCUT2D eigenvalue weighted by atomic mass is 9.95. The van der Waals surface area contributed by atoms with Gasteiger partial charge < -0.3 is 19.6 Å². The van der Waals surface area contributed by atoms with Crippen molar-refractivity contribution in [1.82, 2.24) is 14.9 Å². The molecule has 1 aliphatic rings. The van der Waals surface area contributed by atoms with Crippen LogP contribution in [0.4, 0.5) is 13.2 Å². The minimum absolute atomic E-state index is 0.0256. The summed E-state index contributed by atoms with van der Waals surface area (Å²) in [6.45, 7) is 0.296. The smallest absolute Gasteiger partial charge is 0.270 e. The highest BCUT2D eigenvalue weighted by molar-refractivity contribution is 5.98. The zero-order valence-electron chi connectivity index (χ0n) is 16.3. The second-order valence-electron chi connectivity index (χ2n) is 7.49. The van der Waals surface area contributed by atoms with Gasteiger partial charge in [0.05, 0.1) is 24.6 Å². The van der Waals surface area contributed by atoms with E-state index in [4.69, 9.17) is 4.74 Å². The summed E-state index contributed by atoms with van der Waals surface area (Å²) in [4.78, 5) is 32.5. The largest absolute Gasteiger partial charge is 0.373 e. The number of nitrogens with one attached hydrogen (secondary N) is 2. The zero-order chi connectivity index (χ0) is 21.9. The van der Waals surface area contributed by atoms with E-state index in [0.717, 1.165) is 12.1 Å². The molecular weight excluding hydrogens is 411 g/mol. The molecule has 0 aliphatic carbocycles. The average Bonchev–Trinajstić information content (AvgIpc) is 3.20. The van der Waals surface area contributed by atoms with Gasteiger partial charge in [-0.1, -0.05) is 6.07 Å². The van der Waals surface area contributed by atoms with Crippen LogP contribution in [0.15, 0.2) is 41.2 Å². The molecule has 158 valence electrons. The molecule has 0 bridgehead atoms. The minimum atomic E-state index is -1.03. The van der Waals surface area contributed by atoms with Gasteiger partial charge in [-0.05, 0) is 35.7 Å². The molecule has 2 aromatic carbocycles. The zero-order valence-corrected chi connectivity index (χ0v) is 16.3. The molecule has 2 aromatic heterocycles. The number of fused-ring (bicyclic) bond motifs is 4. The maximum Gasteiger partial charge on any atom is 0.270 e. The van der Waals surface area contributed by atoms with Gasteiger partial charge in [-0.3, -0.25) is 9.59 Å². The number of benzene rings is 2. The molecule has 3 heterocycles. The fourth-order valence-corrected chi connectivity index (χ4v) is 4.12. The van der Waals surface area contributed by atoms with E-state index >= 15 is 0 Å². The molecule has 0 saturated heterocycles. The van der Waals surface area contributed by atoms with E-state index in [1.165, 1.54) is 29.2 Å². The van der Waals surface area contributed by atoms with Gasteiger partial charge in [0.25, 0.3) is 11.5 Å². The Morgan fingerprint density at radius 1 is 1.06 bits per heavy atom. The van der Waals surface area contributed by atoms with Crippen LogP contribution in [0.5, 0.6) is 0 Å². The van der Waals surface area contributed by atoms with Crippen LogP contribution in [0.25, 0.3) is 21.7 Å². The van der Waals surface area contributed by atoms with Gasteiger partial charge in [0, 0.05) is 29.2 Å². The van der Waals surface area contributed by atoms with Crippen molar-refractivity contribution < 1.29 is 22.7 Å². The number of rotatable bonds is 2. The van der Waals surface area contributed by atoms with Crippen molar-refractivity contribution in [2.75, 3.05) is 13.7 Å². The molecule has 4 aromatic rings. The first-order valence-electron chi connectivity index (χ1n) is 9.51. The summed E-state index contributed by atoms with van der Waals surface area (Å²) in [5.74, 6) is -3.05. The molecule has 6 nitrogen and oxygen atoms in total. The quantitative estimate of drug-likeness (QED) is 0.511. The standard InChI is InChI=1S/C22H16F3N3O3/c1-28(22(30)16-7-13-15(26-16)5-4-14(24)20(13)25)18-9-31-8-17-19(18)11-3-2-10(23)6-12(11)21(29)27-17/h2-7,18,26H,8-9H2,1H3,(H,27,29). The van der Waals surface area contributed by atoms with Crippen LogP contribution in [-0.2, 0) is 11.3 Å². The lowest BCUT2D eigenvalue weighted by Gasteiger charge is -2.33. The molecule has 5 rings (SSSR count). The first kappa shape index (κ1) is 19.4. The van der Waals surface area contributed by atoms with Gasteiger partial charge in [0.1, 0.15) is 11.5 Å². The van der Waals surface area contributed by atoms with E-state index in [2.05, 4.69) is 9.97 Å². The van der Waals surface area contributed by atoms with Gasteiger partial charge >= 0.3 is 0 Å². The van der Waals surface area contributed by atoms with E-state index in [9.17, 15) is 22.8 Å². The van der Waals surface area contributed by atoms with Crippen LogP contribution in [-0.4, -0.2) is 34.4 Å². The highest BCUT2D eigenvalue weighted by atomic mass is 19.2. The number of amides is 1. The summed E-state index contributed by atoms with van der Waals surface area (Å²) in [5.41, 5.74) is 1.09. The molecule has 2 N–H and O–H groups in total. The molecule has 0 spiro atoms. The number of hydrogen-bond acceptors (Lipinski definition) is 3. The molecule has 1 atom stereocenters. The summed E-state index contributed by atoms with van der Waals surface area (Å²) < 4.78 is 46.9. The van der Waals surface area contributed by atoms with Crippen LogP contribution >= 0.6 is 0 Å². The van der Waals surface area contributed by atoms with E-state index in [1.807, 2.05) is 0 Å². The number of aromatic nitrogens is 2. The van der Waals surface area contributed by atoms with Crippen LogP contribution in [0.1, 0.15) is 27.8 Å². The van der Waals surface area contributed by atoms with Crippen LogP contribution < -0.4 is 5.56 Å². The molecule has 1 unspecified atom stereocenters. The SMILES string of the molecule is CN(C(=O)c1cc2c(F)c(F)ccc2[nH]1)C1COCc2[nH]c(=O)c3cc(F)ccc3c21. The highest BCUT2D eigenvalue weighted by Gasteiger charge is 2.31. The Morgan fingerprint density at radius 2 is 1.87 bits per heavy atom. The molecule has 0 saturated carbocycles. The minimum Gasteiger partial charge on any atom is -0.373 e. The number of halogens is 3. The maximum atomic E-state index is 14.1. The predicted molar refractivity (Wildman–Crippen MR) is 107 cm³/mol. The number of nitrogens with zero attached hydrogens (tertiary/aromatic N) is 1. The Morgan fingerprint density at radius 3 is 2.68 bits per heavy atom. The van der Waals surface area contributed by atoms with Crippen LogP contribution in [0.2, 0.25) is 0 Å². The number of pyridine rings is 1. The third kappa shape index (κ3) is 3.00. The third-order valence-corrected chi connectivity index (χ3v) is 5.67. The van der Waals surface area contributed by atoms with Gasteiger partial charge in [-0.15, -0.1) is 0 Å². The maximum absolute atomic E-state index is 14.1. The normalized spacial score (nSPS) is 15.9. The second kappa shape index (κ2) is 6.98. The first-order valence-corrected chi connectivity index (χ1v) is 9.51. The Labute approximate surface area is 173 Å². The average molecular weight is 427 g/mol. The topological polar surface area (TPSA) is 78.2 Å². The molecule has 0 radical (unpaired) electrons. The van der Waals surface area contributed by atoms with E-state index in [0.29, 0.717) is 22.2 Å². The van der Waals surface area contributed by atoms with Crippen molar-refractivity contribution in [1.29, 1.82) is 0 Å². The van der Waals surface area contributed by atoms with Crippen molar-refractivity contribution in [2.24, 2.45) is 0 Å². The molecule has 1 amide bonds. The number of H-pyrrole nitrogens is 2. The molecule has 31 heavy (non-hydrogen) atoms. The number of aromatic amines is 2. The molecule has 9 heteroatoms. The Bertz CT molecular complexity index is 1430. The predicted octanol–water partition coefficient (Wildman–Crippen LogP) is 3.77. The lowest BCUT2D eigenvalue weighted by molar-refractivity contribution is 0.0333. The van der Waals surface area contributed by atoms with Gasteiger partial charge in [-0.25, -0.2) is 13.2 Å². The van der Waals surface area contributed by atoms with Crippen molar-refractivity contribution >= 4 is 27.6 Å². The van der Waals surface area contributed by atoms with Gasteiger partial charge in [0.2, 0.25) is 0 Å². The van der Waals surface area contributed by atoms with Gasteiger partial charge in [-0.2, -0.15) is 0 Å². The third-order valence-electron chi connectivity index (χ3n) is 5.67. The summed E-state index contributed by atoms with van der Waals surface area (Å²) in [6.07, 6.45) is 0. The lowest BCUT2D eigenvalue weighted by Crippen LogP contribution is -2.37. The van der Waals surface area contributed by atoms with E-state index in [1.54, 1.807) is 7.05 Å². The summed E-state index contributed by atoms with van der Waals surface area (Å²) >= 11 is 0. The fraction of sp³-hybridized carbons (Fsp3) is 0.182. The Balaban J connectivity index is 1.60.